The van der Waals surface area contributed by atoms with E-state index < -0.39 is 135 Å². The Morgan fingerprint density at radius 3 is 2.40 bits per heavy atom. The summed E-state index contributed by atoms with van der Waals surface area (Å²) >= 11 is 0. The number of carbonyl (C=O) groups excluding carboxylic acids is 4. The van der Waals surface area contributed by atoms with Crippen molar-refractivity contribution >= 4 is 44.7 Å². The normalized spacial score (nSPS) is 31.4. The Morgan fingerprint density at radius 1 is 1.07 bits per heavy atom. The van der Waals surface area contributed by atoms with Crippen LogP contribution in [0.5, 0.6) is 11.6 Å². The van der Waals surface area contributed by atoms with Gasteiger partial charge in [0.15, 0.2) is 11.5 Å². The number of aromatic nitrogens is 2. The second-order valence-electron chi connectivity index (χ2n) is 18.6. The van der Waals surface area contributed by atoms with E-state index in [1.807, 2.05) is 4.72 Å². The maximum Gasteiger partial charge on any atom is 0.408 e. The van der Waals surface area contributed by atoms with Crippen LogP contribution in [0.15, 0.2) is 18.2 Å². The SMILES string of the molecule is CC[C@@H]1[C@@H]2CN(C(=O)[C@H](C(C)(C)C)NC(=O)O[C@@H]3C[C@H]3CCCCC(F)(F)c3nc4ccc(OC)cc4nc3O2)[C@@H]1C(=O)CC1(C(=O)NS(=O)(=O)C2(C)CC2)C[C@H]1C(F)F. The Morgan fingerprint density at radius 2 is 1.78 bits per heavy atom. The number of ketones is 1. The van der Waals surface area contributed by atoms with E-state index in [1.165, 1.54) is 26.2 Å². The Bertz CT molecular complexity index is 2170. The van der Waals surface area contributed by atoms with Crippen molar-refractivity contribution < 1.29 is 59.4 Å². The minimum absolute atomic E-state index is 0.0563. The first-order valence-corrected chi connectivity index (χ1v) is 22.1. The molecule has 0 spiro atoms. The zero-order valence-corrected chi connectivity index (χ0v) is 35.4. The van der Waals surface area contributed by atoms with E-state index in [1.54, 1.807) is 33.8 Å². The van der Waals surface area contributed by atoms with Crippen LogP contribution in [0.2, 0.25) is 0 Å². The van der Waals surface area contributed by atoms with Gasteiger partial charge < -0.3 is 24.4 Å². The van der Waals surface area contributed by atoms with Crippen LogP contribution in [0.25, 0.3) is 11.0 Å². The van der Waals surface area contributed by atoms with E-state index in [0.717, 1.165) is 4.90 Å². The molecular weight excluding hydrogens is 815 g/mol. The summed E-state index contributed by atoms with van der Waals surface area (Å²) in [5, 5.41) is 2.68. The van der Waals surface area contributed by atoms with Gasteiger partial charge in [-0.3, -0.25) is 19.1 Å². The molecule has 2 aromatic rings. The third-order valence-electron chi connectivity index (χ3n) is 13.1. The van der Waals surface area contributed by atoms with E-state index in [4.69, 9.17) is 14.2 Å². The Kier molecular flexibility index (Phi) is 11.4. The summed E-state index contributed by atoms with van der Waals surface area (Å²) in [6.45, 7) is 7.76. The van der Waals surface area contributed by atoms with E-state index >= 15 is 8.78 Å². The molecule has 7 rings (SSSR count). The van der Waals surface area contributed by atoms with Crippen molar-refractivity contribution in [1.29, 1.82) is 0 Å². The van der Waals surface area contributed by atoms with Crippen LogP contribution in [0.4, 0.5) is 22.4 Å². The number of benzene rings is 1. The third-order valence-corrected chi connectivity index (χ3v) is 15.3. The molecule has 3 aliphatic carbocycles. The number of halogens is 4. The number of alkyl halides is 4. The monoisotopic (exact) mass is 867 g/mol. The number of sulfonamides is 1. The largest absolute Gasteiger partial charge is 0.497 e. The average Bonchev–Trinajstić information content (AvgIpc) is 4.12. The number of alkyl carbamates (subject to hydrolysis) is 1. The number of methoxy groups -OCH3 is 1. The quantitative estimate of drug-likeness (QED) is 0.280. The lowest BCUT2D eigenvalue weighted by molar-refractivity contribution is -0.143. The molecule has 1 unspecified atom stereocenters. The molecule has 1 saturated heterocycles. The number of hydrogen-bond acceptors (Lipinski definition) is 11. The van der Waals surface area contributed by atoms with Gasteiger partial charge in [0.1, 0.15) is 24.0 Å². The first-order chi connectivity index (χ1) is 28.0. The van der Waals surface area contributed by atoms with Crippen LogP contribution in [0.3, 0.4) is 0 Å². The van der Waals surface area contributed by atoms with Crippen molar-refractivity contribution in [3.8, 4) is 11.6 Å². The van der Waals surface area contributed by atoms with Crippen LogP contribution >= 0.6 is 0 Å². The lowest BCUT2D eigenvalue weighted by Gasteiger charge is -2.36. The zero-order valence-electron chi connectivity index (χ0n) is 34.6. The first-order valence-electron chi connectivity index (χ1n) is 20.6. The molecule has 8 atom stereocenters. The number of fused-ring (bicyclic) bond motifs is 5. The molecule has 5 aliphatic rings. The van der Waals surface area contributed by atoms with Crippen LogP contribution in [-0.4, -0.2) is 96.1 Å². The van der Waals surface area contributed by atoms with E-state index in [9.17, 15) is 36.4 Å². The number of nitrogens with zero attached hydrogens (tertiary/aromatic N) is 3. The van der Waals surface area contributed by atoms with Gasteiger partial charge in [0.05, 0.1) is 40.9 Å². The highest BCUT2D eigenvalue weighted by molar-refractivity contribution is 7.91. The molecule has 4 fully saturated rings. The summed E-state index contributed by atoms with van der Waals surface area (Å²) in [5.41, 5.74) is -3.52. The maximum atomic E-state index is 16.4. The van der Waals surface area contributed by atoms with E-state index in [-0.39, 0.29) is 42.6 Å². The minimum atomic E-state index is -4.27. The van der Waals surface area contributed by atoms with Crippen molar-refractivity contribution in [3.05, 3.63) is 23.9 Å². The van der Waals surface area contributed by atoms with Crippen molar-refractivity contribution in [1.82, 2.24) is 24.9 Å². The molecule has 1 aromatic heterocycles. The van der Waals surface area contributed by atoms with Gasteiger partial charge in [-0.15, -0.1) is 0 Å². The highest BCUT2D eigenvalue weighted by Gasteiger charge is 2.67. The number of hydrogen-bond donors (Lipinski definition) is 2. The van der Waals surface area contributed by atoms with Crippen molar-refractivity contribution in [3.63, 3.8) is 0 Å². The molecule has 2 aliphatic heterocycles. The molecule has 60 heavy (non-hydrogen) atoms. The molecule has 14 nitrogen and oxygen atoms in total. The molecule has 330 valence electrons. The van der Waals surface area contributed by atoms with Crippen LogP contribution < -0.4 is 19.5 Å². The molecule has 3 amide bonds. The fraction of sp³-hybridized carbons (Fsp3) is 0.707. The third kappa shape index (κ3) is 8.35. The summed E-state index contributed by atoms with van der Waals surface area (Å²) in [7, 11) is -2.85. The second-order valence-corrected chi connectivity index (χ2v) is 20.8. The lowest BCUT2D eigenvalue weighted by atomic mass is 9.84. The minimum Gasteiger partial charge on any atom is -0.497 e. The summed E-state index contributed by atoms with van der Waals surface area (Å²) in [6.07, 6.45) is -5.40. The molecule has 3 heterocycles. The van der Waals surface area contributed by atoms with Gasteiger partial charge in [0.25, 0.3) is 5.92 Å². The molecule has 2 N–H and O–H groups in total. The molecule has 0 radical (unpaired) electrons. The average molecular weight is 868 g/mol. The van der Waals surface area contributed by atoms with Crippen LogP contribution in [0.1, 0.15) is 105 Å². The van der Waals surface area contributed by atoms with Crippen molar-refractivity contribution in [2.45, 2.75) is 140 Å². The fourth-order valence-electron chi connectivity index (χ4n) is 8.80. The molecular formula is C41H53F4N5O9S. The van der Waals surface area contributed by atoms with Gasteiger partial charge in [-0.1, -0.05) is 34.1 Å². The predicted octanol–water partition coefficient (Wildman–Crippen LogP) is 6.05. The Balaban J connectivity index is 1.30. The second kappa shape index (κ2) is 15.6. The molecule has 2 bridgehead atoms. The topological polar surface area (TPSA) is 183 Å². The number of Topliss-reactive ketones (excluding diaryl/α,β-unsaturated/α-hetero) is 1. The number of carbonyl (C=O) groups is 4. The predicted molar refractivity (Wildman–Crippen MR) is 208 cm³/mol. The lowest BCUT2D eigenvalue weighted by Crippen LogP contribution is -2.57. The van der Waals surface area contributed by atoms with Crippen molar-refractivity contribution in [2.75, 3.05) is 13.7 Å². The molecule has 3 saturated carbocycles. The molecule has 19 heteroatoms. The number of rotatable bonds is 9. The Labute approximate surface area is 346 Å². The maximum absolute atomic E-state index is 16.4. The van der Waals surface area contributed by atoms with Gasteiger partial charge in [-0.25, -0.2) is 32.0 Å². The highest BCUT2D eigenvalue weighted by atomic mass is 32.2. The highest BCUT2D eigenvalue weighted by Crippen LogP contribution is 2.59. The standard InChI is InChI=1S/C41H53F4N5O9S/c1-7-23-29-20-50(30(23)27(51)19-40(18-24(40)33(42)43)36(53)49-60(55,56)39(5)14-15-39)35(52)32(38(2,3)4)48-37(54)59-28-16-21(28)10-8-9-13-41(44,45)31-34(58-29)47-26-17-22(57-6)11-12-25(26)46-31/h11-12,17,21,23-24,28-30,32-33H,7-10,13-16,18-20H2,1-6H3,(H,48,54)(H,49,53)/t21-,23-,24+,28-,29+,30+,32-,40?/m1/s1. The summed E-state index contributed by atoms with van der Waals surface area (Å²) in [5.74, 6) is -9.22. The smallest absolute Gasteiger partial charge is 0.408 e. The number of ether oxygens (including phenoxy) is 3. The Hall–Kier alpha value is -4.29. The molecule has 1 aromatic carbocycles. The first kappa shape index (κ1) is 43.8. The van der Waals surface area contributed by atoms with Crippen molar-refractivity contribution in [2.24, 2.45) is 28.6 Å². The number of nitrogens with one attached hydrogen (secondary N) is 2. The summed E-state index contributed by atoms with van der Waals surface area (Å²) in [6, 6.07) is 1.75. The zero-order chi connectivity index (χ0) is 43.7. The van der Waals surface area contributed by atoms with E-state index in [2.05, 4.69) is 15.3 Å². The van der Waals surface area contributed by atoms with Crippen LogP contribution in [-0.2, 0) is 35.1 Å². The van der Waals surface area contributed by atoms with Gasteiger partial charge in [-0.05, 0) is 75.3 Å². The number of amides is 3. The summed E-state index contributed by atoms with van der Waals surface area (Å²) < 4.78 is 106. The van der Waals surface area contributed by atoms with Gasteiger partial charge >= 0.3 is 6.09 Å². The van der Waals surface area contributed by atoms with Gasteiger partial charge in [-0.2, -0.15) is 8.78 Å². The van der Waals surface area contributed by atoms with Gasteiger partial charge in [0.2, 0.25) is 34.1 Å². The fourth-order valence-corrected chi connectivity index (χ4v) is 10.1. The van der Waals surface area contributed by atoms with Gasteiger partial charge in [0, 0.05) is 30.7 Å². The van der Waals surface area contributed by atoms with E-state index in [0.29, 0.717) is 25.0 Å². The van der Waals surface area contributed by atoms with Crippen LogP contribution in [0, 0.1) is 28.6 Å². The summed E-state index contributed by atoms with van der Waals surface area (Å²) in [4.78, 5) is 66.6.